The fourth-order valence-corrected chi connectivity index (χ4v) is 2.51. The lowest BCUT2D eigenvalue weighted by atomic mass is 10.2. The van der Waals surface area contributed by atoms with Crippen molar-refractivity contribution in [2.24, 2.45) is 0 Å². The van der Waals surface area contributed by atoms with Crippen LogP contribution in [0.3, 0.4) is 0 Å². The number of amides is 1. The fraction of sp³-hybridized carbons (Fsp3) is 0.235. The number of ether oxygens (including phenoxy) is 1. The Morgan fingerprint density at radius 2 is 2.16 bits per heavy atom. The quantitative estimate of drug-likeness (QED) is 0.745. The van der Waals surface area contributed by atoms with Crippen LogP contribution in [0.25, 0.3) is 0 Å². The fourth-order valence-electron chi connectivity index (χ4n) is 2.32. The van der Waals surface area contributed by atoms with Crippen LogP contribution in [-0.2, 0) is 17.9 Å². The summed E-state index contributed by atoms with van der Waals surface area (Å²) in [5, 5.41) is 11.3. The summed E-state index contributed by atoms with van der Waals surface area (Å²) in [6, 6.07) is 7.20. The van der Waals surface area contributed by atoms with Gasteiger partial charge < -0.3 is 9.26 Å². The molecule has 0 saturated heterocycles. The third-order valence-electron chi connectivity index (χ3n) is 3.70. The molecule has 7 nitrogen and oxygen atoms in total. The average molecular weight is 361 g/mol. The van der Waals surface area contributed by atoms with Gasteiger partial charge >= 0.3 is 6.09 Å². The van der Waals surface area contributed by atoms with Crippen LogP contribution < -0.4 is 5.32 Å². The van der Waals surface area contributed by atoms with Crippen LogP contribution in [-0.4, -0.2) is 21.0 Å². The van der Waals surface area contributed by atoms with Crippen molar-refractivity contribution in [1.82, 2.24) is 14.9 Å². The minimum Gasteiger partial charge on any atom is -0.444 e. The topological polar surface area (TPSA) is 82.2 Å². The molecule has 0 fully saturated rings. The summed E-state index contributed by atoms with van der Waals surface area (Å²) in [5.41, 5.74) is 3.07. The molecule has 0 saturated carbocycles. The van der Waals surface area contributed by atoms with Crippen molar-refractivity contribution in [3.8, 4) is 0 Å². The van der Waals surface area contributed by atoms with Crippen LogP contribution in [0.5, 0.6) is 0 Å². The minimum atomic E-state index is -0.572. The Balaban J connectivity index is 1.56. The molecule has 130 valence electrons. The molecule has 0 radical (unpaired) electrons. The van der Waals surface area contributed by atoms with Gasteiger partial charge in [0.15, 0.2) is 0 Å². The Morgan fingerprint density at radius 1 is 1.36 bits per heavy atom. The van der Waals surface area contributed by atoms with Gasteiger partial charge in [-0.2, -0.15) is 5.10 Å². The van der Waals surface area contributed by atoms with Gasteiger partial charge in [0.2, 0.25) is 0 Å². The van der Waals surface area contributed by atoms with E-state index in [0.29, 0.717) is 17.3 Å². The van der Waals surface area contributed by atoms with Gasteiger partial charge in [-0.1, -0.05) is 35.0 Å². The van der Waals surface area contributed by atoms with E-state index in [2.05, 4.69) is 15.6 Å². The molecule has 1 N–H and O–H groups in total. The van der Waals surface area contributed by atoms with Crippen molar-refractivity contribution in [2.75, 3.05) is 5.32 Å². The van der Waals surface area contributed by atoms with Crippen LogP contribution in [0.2, 0.25) is 5.02 Å². The van der Waals surface area contributed by atoms with Crippen LogP contribution in [0.4, 0.5) is 10.5 Å². The Morgan fingerprint density at radius 3 is 2.88 bits per heavy atom. The summed E-state index contributed by atoms with van der Waals surface area (Å²) in [4.78, 5) is 11.9. The second-order valence-corrected chi connectivity index (χ2v) is 5.93. The normalized spacial score (nSPS) is 10.7. The molecule has 0 aliphatic rings. The Hall–Kier alpha value is -2.80. The zero-order valence-electron chi connectivity index (χ0n) is 13.8. The summed E-state index contributed by atoms with van der Waals surface area (Å²) in [6.07, 6.45) is 2.69. The summed E-state index contributed by atoms with van der Waals surface area (Å²) >= 11 is 6.03. The van der Waals surface area contributed by atoms with Crippen LogP contribution in [0.15, 0.2) is 41.2 Å². The number of aryl methyl sites for hydroxylation is 2. The highest BCUT2D eigenvalue weighted by Gasteiger charge is 2.11. The van der Waals surface area contributed by atoms with E-state index in [0.717, 1.165) is 22.6 Å². The van der Waals surface area contributed by atoms with Crippen molar-refractivity contribution in [3.63, 3.8) is 0 Å². The van der Waals surface area contributed by atoms with Gasteiger partial charge in [0.1, 0.15) is 12.4 Å². The highest BCUT2D eigenvalue weighted by atomic mass is 35.5. The number of benzene rings is 1. The first-order valence-electron chi connectivity index (χ1n) is 7.64. The van der Waals surface area contributed by atoms with Crippen molar-refractivity contribution in [1.29, 1.82) is 0 Å². The molecule has 3 rings (SSSR count). The third-order valence-corrected chi connectivity index (χ3v) is 4.07. The Bertz CT molecular complexity index is 868. The third kappa shape index (κ3) is 4.19. The molecular weight excluding hydrogens is 344 g/mol. The van der Waals surface area contributed by atoms with Crippen LogP contribution >= 0.6 is 11.6 Å². The first kappa shape index (κ1) is 17.0. The van der Waals surface area contributed by atoms with Gasteiger partial charge in [-0.25, -0.2) is 4.79 Å². The summed E-state index contributed by atoms with van der Waals surface area (Å²) < 4.78 is 12.0. The molecule has 0 atom stereocenters. The SMILES string of the molecule is Cc1noc(C)c1Cn1cc(NC(=O)OCc2ccccc2Cl)cn1. The number of rotatable bonds is 5. The minimum absolute atomic E-state index is 0.0960. The monoisotopic (exact) mass is 360 g/mol. The van der Waals surface area contributed by atoms with Gasteiger partial charge in [0.25, 0.3) is 0 Å². The van der Waals surface area contributed by atoms with Crippen molar-refractivity contribution in [2.45, 2.75) is 27.0 Å². The van der Waals surface area contributed by atoms with Crippen molar-refractivity contribution < 1.29 is 14.1 Å². The van der Waals surface area contributed by atoms with Gasteiger partial charge in [0.05, 0.1) is 24.1 Å². The van der Waals surface area contributed by atoms with E-state index in [1.165, 1.54) is 0 Å². The lowest BCUT2D eigenvalue weighted by Gasteiger charge is -2.06. The molecule has 8 heteroatoms. The smallest absolute Gasteiger partial charge is 0.412 e. The molecule has 3 aromatic rings. The maximum atomic E-state index is 11.9. The molecule has 0 bridgehead atoms. The lowest BCUT2D eigenvalue weighted by Crippen LogP contribution is -2.13. The number of nitrogens with one attached hydrogen (secondary N) is 1. The van der Waals surface area contributed by atoms with E-state index in [4.69, 9.17) is 20.9 Å². The molecule has 0 unspecified atom stereocenters. The maximum absolute atomic E-state index is 11.9. The summed E-state index contributed by atoms with van der Waals surface area (Å²) in [7, 11) is 0. The van der Waals surface area contributed by atoms with Crippen LogP contribution in [0, 0.1) is 13.8 Å². The van der Waals surface area contributed by atoms with E-state index in [9.17, 15) is 4.79 Å². The number of hydrogen-bond acceptors (Lipinski definition) is 5. The Kier molecular flexibility index (Phi) is 5.04. The Labute approximate surface area is 149 Å². The zero-order chi connectivity index (χ0) is 17.8. The molecule has 2 heterocycles. The van der Waals surface area contributed by atoms with Crippen molar-refractivity contribution in [3.05, 3.63) is 64.3 Å². The standard InChI is InChI=1S/C17H17ClN4O3/c1-11-15(12(2)25-21-11)9-22-8-14(7-19-22)20-17(23)24-10-13-5-3-4-6-16(13)18/h3-8H,9-10H2,1-2H3,(H,20,23). The summed E-state index contributed by atoms with van der Waals surface area (Å²) in [5.74, 6) is 0.752. The number of nitrogens with zero attached hydrogens (tertiary/aromatic N) is 3. The van der Waals surface area contributed by atoms with Gasteiger partial charge in [-0.05, 0) is 19.9 Å². The van der Waals surface area contributed by atoms with Crippen molar-refractivity contribution >= 4 is 23.4 Å². The number of carbonyl (C=O) groups excluding carboxylic acids is 1. The lowest BCUT2D eigenvalue weighted by molar-refractivity contribution is 0.155. The zero-order valence-corrected chi connectivity index (χ0v) is 14.6. The average Bonchev–Trinajstić information content (AvgIpc) is 3.15. The van der Waals surface area contributed by atoms with E-state index < -0.39 is 6.09 Å². The molecule has 0 aliphatic carbocycles. The number of carbonyl (C=O) groups is 1. The molecule has 25 heavy (non-hydrogen) atoms. The second-order valence-electron chi connectivity index (χ2n) is 5.52. The first-order valence-corrected chi connectivity index (χ1v) is 8.02. The highest BCUT2D eigenvalue weighted by Crippen LogP contribution is 2.17. The second kappa shape index (κ2) is 7.40. The first-order chi connectivity index (χ1) is 12.0. The van der Waals surface area contributed by atoms with E-state index in [1.807, 2.05) is 26.0 Å². The number of anilines is 1. The van der Waals surface area contributed by atoms with E-state index in [-0.39, 0.29) is 6.61 Å². The highest BCUT2D eigenvalue weighted by molar-refractivity contribution is 6.31. The van der Waals surface area contributed by atoms with E-state index in [1.54, 1.807) is 29.2 Å². The number of aromatic nitrogens is 3. The van der Waals surface area contributed by atoms with Gasteiger partial charge in [-0.15, -0.1) is 0 Å². The van der Waals surface area contributed by atoms with Gasteiger partial charge in [-0.3, -0.25) is 10.00 Å². The molecule has 1 amide bonds. The van der Waals surface area contributed by atoms with E-state index >= 15 is 0 Å². The summed E-state index contributed by atoms with van der Waals surface area (Å²) in [6.45, 7) is 4.33. The predicted octanol–water partition coefficient (Wildman–Crippen LogP) is 3.94. The molecule has 2 aromatic heterocycles. The number of hydrogen-bond donors (Lipinski definition) is 1. The van der Waals surface area contributed by atoms with Crippen LogP contribution in [0.1, 0.15) is 22.6 Å². The number of halogens is 1. The maximum Gasteiger partial charge on any atom is 0.412 e. The predicted molar refractivity (Wildman–Crippen MR) is 92.6 cm³/mol. The largest absolute Gasteiger partial charge is 0.444 e. The molecule has 1 aromatic carbocycles. The van der Waals surface area contributed by atoms with Gasteiger partial charge in [0, 0.05) is 22.3 Å². The molecule has 0 spiro atoms. The molecular formula is C17H17ClN4O3. The molecule has 0 aliphatic heterocycles.